The van der Waals surface area contributed by atoms with Crippen molar-refractivity contribution in [3.63, 3.8) is 0 Å². The Balaban J connectivity index is 2.63. The van der Waals surface area contributed by atoms with E-state index in [1.54, 1.807) is 0 Å². The molecule has 1 rings (SSSR count). The van der Waals surface area contributed by atoms with Crippen molar-refractivity contribution in [3.8, 4) is 0 Å². The van der Waals surface area contributed by atoms with Crippen molar-refractivity contribution in [3.05, 3.63) is 0 Å². The maximum absolute atomic E-state index is 9.25. The fourth-order valence-electron chi connectivity index (χ4n) is 1.15. The van der Waals surface area contributed by atoms with Crippen LogP contribution in [0.3, 0.4) is 0 Å². The molecule has 1 aliphatic rings. The molecule has 1 aliphatic heterocycles. The van der Waals surface area contributed by atoms with Crippen LogP contribution in [-0.2, 0) is 4.74 Å². The summed E-state index contributed by atoms with van der Waals surface area (Å²) in [6.07, 6.45) is -4.53. The molecule has 0 spiro atoms. The molecule has 7 N–H and O–H groups in total. The van der Waals surface area contributed by atoms with Crippen molar-refractivity contribution in [2.45, 2.75) is 30.6 Å². The van der Waals surface area contributed by atoms with Crippen molar-refractivity contribution in [2.75, 3.05) is 6.61 Å². The largest absolute Gasteiger partial charge is 0.394 e. The molecular formula is C6H14NO5+. The zero-order valence-electron chi connectivity index (χ0n) is 6.50. The molecule has 0 aromatic rings. The van der Waals surface area contributed by atoms with Crippen LogP contribution in [0, 0.1) is 0 Å². The van der Waals surface area contributed by atoms with Gasteiger partial charge in [-0.15, -0.1) is 0 Å². The highest BCUT2D eigenvalue weighted by molar-refractivity contribution is 4.87. The summed E-state index contributed by atoms with van der Waals surface area (Å²) in [7, 11) is 0. The van der Waals surface area contributed by atoms with Gasteiger partial charge in [0.05, 0.1) is 6.61 Å². The lowest BCUT2D eigenvalue weighted by atomic mass is 9.98. The minimum atomic E-state index is -1.24. The molecule has 1 heterocycles. The Morgan fingerprint density at radius 2 is 1.75 bits per heavy atom. The van der Waals surface area contributed by atoms with E-state index in [1.165, 1.54) is 0 Å². The number of hydrogen-bond acceptors (Lipinski definition) is 5. The van der Waals surface area contributed by atoms with Crippen LogP contribution in [-0.4, -0.2) is 57.7 Å². The van der Waals surface area contributed by atoms with Crippen LogP contribution in [0.5, 0.6) is 0 Å². The maximum atomic E-state index is 9.25. The molecule has 1 fully saturated rings. The number of hydrogen-bond donors (Lipinski definition) is 5. The molecule has 5 atom stereocenters. The van der Waals surface area contributed by atoms with Crippen molar-refractivity contribution < 1.29 is 30.9 Å². The monoisotopic (exact) mass is 180 g/mol. The van der Waals surface area contributed by atoms with Gasteiger partial charge in [-0.2, -0.15) is 0 Å². The smallest absolute Gasteiger partial charge is 0.211 e. The molecule has 0 aromatic carbocycles. The standard InChI is InChI=1S/C6H13NO5/c7-3-5(10)4(9)2(1-8)12-6(3)11/h2-6,8-11H,1,7H2/p+1/t2-,3-,4-,5-,6?/m1/s1. The number of aliphatic hydroxyl groups is 4. The van der Waals surface area contributed by atoms with E-state index in [4.69, 9.17) is 14.9 Å². The number of ether oxygens (including phenoxy) is 1. The lowest BCUT2D eigenvalue weighted by Gasteiger charge is -2.36. The zero-order chi connectivity index (χ0) is 9.30. The first-order chi connectivity index (χ1) is 5.57. The summed E-state index contributed by atoms with van der Waals surface area (Å²) in [6.45, 7) is -0.442. The second kappa shape index (κ2) is 3.65. The average molecular weight is 180 g/mol. The van der Waals surface area contributed by atoms with E-state index in [0.717, 1.165) is 0 Å². The summed E-state index contributed by atoms with van der Waals surface area (Å²) in [5, 5.41) is 36.3. The van der Waals surface area contributed by atoms with Crippen LogP contribution in [0.1, 0.15) is 0 Å². The van der Waals surface area contributed by atoms with Crippen molar-refractivity contribution in [2.24, 2.45) is 0 Å². The summed E-state index contributed by atoms with van der Waals surface area (Å²) in [6, 6.07) is -0.789. The second-order valence-electron chi connectivity index (χ2n) is 2.89. The van der Waals surface area contributed by atoms with Gasteiger partial charge in [-0.05, 0) is 0 Å². The summed E-state index contributed by atoms with van der Waals surface area (Å²) in [5.74, 6) is 0. The molecule has 1 saturated heterocycles. The molecule has 72 valence electrons. The Hall–Kier alpha value is -0.240. The van der Waals surface area contributed by atoms with E-state index in [9.17, 15) is 10.2 Å². The third-order valence-corrected chi connectivity index (χ3v) is 2.03. The highest BCUT2D eigenvalue weighted by Crippen LogP contribution is 2.16. The third-order valence-electron chi connectivity index (χ3n) is 2.03. The number of rotatable bonds is 1. The molecule has 1 unspecified atom stereocenters. The molecule has 0 aromatic heterocycles. The van der Waals surface area contributed by atoms with Crippen molar-refractivity contribution in [1.29, 1.82) is 0 Å². The van der Waals surface area contributed by atoms with Crippen LogP contribution in [0.15, 0.2) is 0 Å². The molecule has 0 aliphatic carbocycles. The average Bonchev–Trinajstić information content (AvgIpc) is 2.08. The van der Waals surface area contributed by atoms with Gasteiger partial charge in [0.1, 0.15) is 18.3 Å². The Kier molecular flexibility index (Phi) is 2.99. The lowest BCUT2D eigenvalue weighted by Crippen LogP contribution is -2.77. The third kappa shape index (κ3) is 1.58. The first-order valence-corrected chi connectivity index (χ1v) is 3.71. The van der Waals surface area contributed by atoms with Gasteiger partial charge in [-0.25, -0.2) is 0 Å². The van der Waals surface area contributed by atoms with Crippen LogP contribution in [0.25, 0.3) is 0 Å². The number of quaternary nitrogens is 1. The predicted octanol–water partition coefficient (Wildman–Crippen LogP) is -3.97. The second-order valence-corrected chi connectivity index (χ2v) is 2.89. The van der Waals surface area contributed by atoms with E-state index in [1.807, 2.05) is 0 Å². The molecule has 0 radical (unpaired) electrons. The molecule has 12 heavy (non-hydrogen) atoms. The number of aliphatic hydroxyl groups excluding tert-OH is 4. The Bertz CT molecular complexity index is 150. The SMILES string of the molecule is [NH3+][C@H]1C(O)O[C@H](CO)[C@@H](O)[C@@H]1O. The highest BCUT2D eigenvalue weighted by Gasteiger charge is 2.43. The maximum Gasteiger partial charge on any atom is 0.211 e. The van der Waals surface area contributed by atoms with Gasteiger partial charge in [0.15, 0.2) is 6.04 Å². The Labute approximate surface area is 69.2 Å². The first-order valence-electron chi connectivity index (χ1n) is 3.71. The predicted molar refractivity (Wildman–Crippen MR) is 36.7 cm³/mol. The molecular weight excluding hydrogens is 166 g/mol. The Morgan fingerprint density at radius 3 is 2.25 bits per heavy atom. The highest BCUT2D eigenvalue weighted by atomic mass is 16.6. The van der Waals surface area contributed by atoms with Gasteiger partial charge >= 0.3 is 0 Å². The van der Waals surface area contributed by atoms with E-state index >= 15 is 0 Å². The van der Waals surface area contributed by atoms with Gasteiger partial charge in [-0.1, -0.05) is 0 Å². The normalized spacial score (nSPS) is 49.2. The van der Waals surface area contributed by atoms with Gasteiger partial charge in [0, 0.05) is 0 Å². The summed E-state index contributed by atoms with van der Waals surface area (Å²) in [5.41, 5.74) is 3.41. The topological polar surface area (TPSA) is 118 Å². The van der Waals surface area contributed by atoms with E-state index < -0.39 is 37.3 Å². The minimum absolute atomic E-state index is 0.442. The molecule has 0 bridgehead atoms. The molecule has 6 nitrogen and oxygen atoms in total. The summed E-state index contributed by atoms with van der Waals surface area (Å²) >= 11 is 0. The fourth-order valence-corrected chi connectivity index (χ4v) is 1.15. The van der Waals surface area contributed by atoms with Crippen LogP contribution in [0.4, 0.5) is 0 Å². The van der Waals surface area contributed by atoms with Crippen molar-refractivity contribution in [1.82, 2.24) is 0 Å². The van der Waals surface area contributed by atoms with Gasteiger partial charge in [0.25, 0.3) is 0 Å². The van der Waals surface area contributed by atoms with Crippen molar-refractivity contribution >= 4 is 0 Å². The van der Waals surface area contributed by atoms with Crippen LogP contribution in [0.2, 0.25) is 0 Å². The zero-order valence-corrected chi connectivity index (χ0v) is 6.50. The van der Waals surface area contributed by atoms with E-state index in [-0.39, 0.29) is 0 Å². The molecule has 6 heteroatoms. The summed E-state index contributed by atoms with van der Waals surface area (Å²) < 4.78 is 4.76. The molecule has 0 saturated carbocycles. The van der Waals surface area contributed by atoms with Gasteiger partial charge in [0.2, 0.25) is 6.29 Å². The fraction of sp³-hybridized carbons (Fsp3) is 1.00. The quantitative estimate of drug-likeness (QED) is 0.282. The van der Waals surface area contributed by atoms with Gasteiger partial charge < -0.3 is 30.9 Å². The van der Waals surface area contributed by atoms with Gasteiger partial charge in [-0.3, -0.25) is 0 Å². The van der Waals surface area contributed by atoms with E-state index in [0.29, 0.717) is 0 Å². The molecule has 0 amide bonds. The Morgan fingerprint density at radius 1 is 1.17 bits per heavy atom. The van der Waals surface area contributed by atoms with Crippen LogP contribution < -0.4 is 5.73 Å². The van der Waals surface area contributed by atoms with E-state index in [2.05, 4.69) is 5.73 Å². The van der Waals surface area contributed by atoms with Crippen LogP contribution >= 0.6 is 0 Å². The first kappa shape index (κ1) is 9.85. The summed E-state index contributed by atoms with van der Waals surface area (Å²) in [4.78, 5) is 0. The minimum Gasteiger partial charge on any atom is -0.394 e. The lowest BCUT2D eigenvalue weighted by molar-refractivity contribution is -0.497.